The number of thiophene rings is 1. The Bertz CT molecular complexity index is 643. The molecule has 0 saturated heterocycles. The third kappa shape index (κ3) is 1.92. The number of aliphatic hydroxyl groups is 1. The second-order valence-electron chi connectivity index (χ2n) is 3.72. The van der Waals surface area contributed by atoms with Crippen LogP contribution in [0.4, 0.5) is 0 Å². The van der Waals surface area contributed by atoms with E-state index in [0.29, 0.717) is 5.76 Å². The van der Waals surface area contributed by atoms with Gasteiger partial charge in [0.25, 0.3) is 0 Å². The summed E-state index contributed by atoms with van der Waals surface area (Å²) in [6.07, 6.45) is -0.686. The van der Waals surface area contributed by atoms with E-state index in [2.05, 4.69) is 15.9 Å². The topological polar surface area (TPSA) is 33.4 Å². The molecule has 3 rings (SSSR count). The average molecular weight is 309 g/mol. The van der Waals surface area contributed by atoms with Crippen LogP contribution in [0.2, 0.25) is 0 Å². The van der Waals surface area contributed by atoms with Gasteiger partial charge in [-0.2, -0.15) is 0 Å². The number of hydrogen-bond donors (Lipinski definition) is 1. The van der Waals surface area contributed by atoms with Gasteiger partial charge in [-0.15, -0.1) is 11.3 Å². The number of fused-ring (bicyclic) bond motifs is 1. The molecule has 1 N–H and O–H groups in total. The van der Waals surface area contributed by atoms with Crippen molar-refractivity contribution < 1.29 is 9.52 Å². The summed E-state index contributed by atoms with van der Waals surface area (Å²) in [5.74, 6) is 0.578. The van der Waals surface area contributed by atoms with Crippen LogP contribution in [0.15, 0.2) is 50.7 Å². The number of hydrogen-bond acceptors (Lipinski definition) is 3. The van der Waals surface area contributed by atoms with Gasteiger partial charge in [-0.25, -0.2) is 0 Å². The maximum atomic E-state index is 10.2. The first-order valence-electron chi connectivity index (χ1n) is 5.15. The molecule has 0 saturated carbocycles. The summed E-state index contributed by atoms with van der Waals surface area (Å²) in [7, 11) is 0. The molecule has 0 bridgehead atoms. The molecule has 2 nitrogen and oxygen atoms in total. The summed E-state index contributed by atoms with van der Waals surface area (Å²) >= 11 is 4.95. The van der Waals surface area contributed by atoms with E-state index in [1.165, 1.54) is 11.3 Å². The quantitative estimate of drug-likeness (QED) is 0.764. The highest BCUT2D eigenvalue weighted by Crippen LogP contribution is 2.33. The van der Waals surface area contributed by atoms with Crippen LogP contribution >= 0.6 is 27.3 Å². The second kappa shape index (κ2) is 4.29. The smallest absolute Gasteiger partial charge is 0.148 e. The molecule has 0 fully saturated rings. The van der Waals surface area contributed by atoms with E-state index < -0.39 is 6.10 Å². The second-order valence-corrected chi connectivity index (χ2v) is 5.56. The van der Waals surface area contributed by atoms with Crippen LogP contribution in [-0.4, -0.2) is 5.11 Å². The van der Waals surface area contributed by atoms with Crippen LogP contribution in [0.1, 0.15) is 16.7 Å². The lowest BCUT2D eigenvalue weighted by atomic mass is 10.2. The number of para-hydroxylation sites is 1. The fraction of sp³-hybridized carbons (Fsp3) is 0.0769. The molecule has 0 radical (unpaired) electrons. The molecule has 2 heterocycles. The maximum absolute atomic E-state index is 10.2. The Balaban J connectivity index is 2.10. The minimum absolute atomic E-state index is 0.578. The monoisotopic (exact) mass is 308 g/mol. The Morgan fingerprint density at radius 2 is 2.12 bits per heavy atom. The molecule has 1 aromatic carbocycles. The molecule has 4 heteroatoms. The third-order valence-electron chi connectivity index (χ3n) is 2.60. The van der Waals surface area contributed by atoms with Crippen molar-refractivity contribution in [2.45, 2.75) is 6.10 Å². The normalized spacial score (nSPS) is 13.1. The van der Waals surface area contributed by atoms with Gasteiger partial charge in [0.15, 0.2) is 0 Å². The summed E-state index contributed by atoms with van der Waals surface area (Å²) in [4.78, 5) is 0.889. The molecule has 86 valence electrons. The average Bonchev–Trinajstić information content (AvgIpc) is 2.98. The van der Waals surface area contributed by atoms with Gasteiger partial charge in [-0.05, 0) is 39.5 Å². The van der Waals surface area contributed by atoms with E-state index in [1.54, 1.807) is 0 Å². The van der Waals surface area contributed by atoms with Crippen LogP contribution in [0, 0.1) is 0 Å². The van der Waals surface area contributed by atoms with Gasteiger partial charge in [-0.3, -0.25) is 0 Å². The summed E-state index contributed by atoms with van der Waals surface area (Å²) in [5, 5.41) is 13.1. The first-order valence-corrected chi connectivity index (χ1v) is 6.82. The van der Waals surface area contributed by atoms with Gasteiger partial charge in [0.2, 0.25) is 0 Å². The van der Waals surface area contributed by atoms with E-state index in [1.807, 2.05) is 41.8 Å². The molecule has 2 aromatic heterocycles. The van der Waals surface area contributed by atoms with Gasteiger partial charge < -0.3 is 9.52 Å². The number of benzene rings is 1. The van der Waals surface area contributed by atoms with Crippen molar-refractivity contribution in [1.82, 2.24) is 0 Å². The van der Waals surface area contributed by atoms with Crippen molar-refractivity contribution in [3.05, 3.63) is 56.9 Å². The molecule has 0 amide bonds. The lowest BCUT2D eigenvalue weighted by molar-refractivity contribution is 0.196. The minimum Gasteiger partial charge on any atom is -0.457 e. The summed E-state index contributed by atoms with van der Waals surface area (Å²) in [6.45, 7) is 0. The summed E-state index contributed by atoms with van der Waals surface area (Å²) in [6, 6.07) is 11.5. The number of halogens is 1. The highest BCUT2D eigenvalue weighted by atomic mass is 79.9. The van der Waals surface area contributed by atoms with E-state index in [0.717, 1.165) is 20.3 Å². The van der Waals surface area contributed by atoms with Crippen LogP contribution in [0.25, 0.3) is 11.0 Å². The third-order valence-corrected chi connectivity index (χ3v) is 4.15. The molecular formula is C13H9BrO2S. The van der Waals surface area contributed by atoms with Crippen molar-refractivity contribution in [2.75, 3.05) is 0 Å². The van der Waals surface area contributed by atoms with Crippen molar-refractivity contribution in [3.8, 4) is 0 Å². The Morgan fingerprint density at radius 1 is 1.24 bits per heavy atom. The van der Waals surface area contributed by atoms with E-state index in [4.69, 9.17) is 4.42 Å². The van der Waals surface area contributed by atoms with Gasteiger partial charge in [0.05, 0.1) is 4.47 Å². The SMILES string of the molecule is OC(c1cc2cccc(Br)c2o1)c1cccs1. The van der Waals surface area contributed by atoms with E-state index in [9.17, 15) is 5.11 Å². The van der Waals surface area contributed by atoms with Crippen molar-refractivity contribution in [2.24, 2.45) is 0 Å². The predicted octanol–water partition coefficient (Wildman–Crippen LogP) is 4.34. The lowest BCUT2D eigenvalue weighted by Gasteiger charge is -2.03. The molecule has 0 aliphatic carbocycles. The molecule has 17 heavy (non-hydrogen) atoms. The number of rotatable bonds is 2. The number of furan rings is 1. The summed E-state index contributed by atoms with van der Waals surface area (Å²) < 4.78 is 6.60. The minimum atomic E-state index is -0.686. The van der Waals surface area contributed by atoms with Crippen molar-refractivity contribution in [3.63, 3.8) is 0 Å². The van der Waals surface area contributed by atoms with Gasteiger partial charge in [-0.1, -0.05) is 18.2 Å². The predicted molar refractivity (Wildman–Crippen MR) is 72.3 cm³/mol. The first-order chi connectivity index (χ1) is 8.25. The van der Waals surface area contributed by atoms with Crippen LogP contribution < -0.4 is 0 Å². The van der Waals surface area contributed by atoms with Gasteiger partial charge >= 0.3 is 0 Å². The fourth-order valence-corrected chi connectivity index (χ4v) is 2.95. The van der Waals surface area contributed by atoms with Crippen LogP contribution in [0.5, 0.6) is 0 Å². The zero-order valence-corrected chi connectivity index (χ0v) is 11.2. The lowest BCUT2D eigenvalue weighted by Crippen LogP contribution is -1.93. The molecule has 1 unspecified atom stereocenters. The highest BCUT2D eigenvalue weighted by Gasteiger charge is 2.17. The molecular weight excluding hydrogens is 300 g/mol. The van der Waals surface area contributed by atoms with Gasteiger partial charge in [0.1, 0.15) is 17.4 Å². The molecule has 0 aliphatic rings. The molecule has 3 aromatic rings. The Labute approximate surface area is 111 Å². The van der Waals surface area contributed by atoms with Crippen molar-refractivity contribution in [1.29, 1.82) is 0 Å². The molecule has 1 atom stereocenters. The largest absolute Gasteiger partial charge is 0.457 e. The molecule has 0 aliphatic heterocycles. The molecule has 0 spiro atoms. The van der Waals surface area contributed by atoms with Crippen molar-refractivity contribution >= 4 is 38.2 Å². The number of aliphatic hydroxyl groups excluding tert-OH is 1. The highest BCUT2D eigenvalue weighted by molar-refractivity contribution is 9.10. The van der Waals surface area contributed by atoms with Crippen LogP contribution in [-0.2, 0) is 0 Å². The van der Waals surface area contributed by atoms with Crippen LogP contribution in [0.3, 0.4) is 0 Å². The zero-order valence-electron chi connectivity index (χ0n) is 8.76. The fourth-order valence-electron chi connectivity index (χ4n) is 1.77. The summed E-state index contributed by atoms with van der Waals surface area (Å²) in [5.41, 5.74) is 0.776. The van der Waals surface area contributed by atoms with Gasteiger partial charge in [0, 0.05) is 10.3 Å². The Morgan fingerprint density at radius 3 is 2.82 bits per heavy atom. The zero-order chi connectivity index (χ0) is 11.8. The maximum Gasteiger partial charge on any atom is 0.148 e. The first kappa shape index (κ1) is 11.0. The Hall–Kier alpha value is -1.10. The Kier molecular flexibility index (Phi) is 2.78. The van der Waals surface area contributed by atoms with E-state index in [-0.39, 0.29) is 0 Å². The van der Waals surface area contributed by atoms with E-state index >= 15 is 0 Å². The standard InChI is InChI=1S/C13H9BrO2S/c14-9-4-1-3-8-7-10(16-13(8)9)12(15)11-5-2-6-17-11/h1-7,12,15H.